The van der Waals surface area contributed by atoms with Crippen molar-refractivity contribution >= 4 is 10.9 Å². The molecule has 0 N–H and O–H groups in total. The molecule has 6 nitrogen and oxygen atoms in total. The Morgan fingerprint density at radius 2 is 1.97 bits per heavy atom. The summed E-state index contributed by atoms with van der Waals surface area (Å²) >= 11 is 0. The van der Waals surface area contributed by atoms with Crippen molar-refractivity contribution in [2.75, 3.05) is 26.7 Å². The van der Waals surface area contributed by atoms with Gasteiger partial charge in [-0.3, -0.25) is 14.8 Å². The maximum Gasteiger partial charge on any atom is 0.229 e. The lowest BCUT2D eigenvalue weighted by atomic mass is 9.76. The van der Waals surface area contributed by atoms with Gasteiger partial charge in [-0.2, -0.15) is 4.98 Å². The van der Waals surface area contributed by atoms with E-state index in [1.807, 2.05) is 12.3 Å². The van der Waals surface area contributed by atoms with Crippen LogP contribution < -0.4 is 0 Å². The van der Waals surface area contributed by atoms with Gasteiger partial charge in [0.1, 0.15) is 0 Å². The molecule has 1 atom stereocenters. The number of rotatable bonds is 4. The summed E-state index contributed by atoms with van der Waals surface area (Å²) in [6.07, 6.45) is 9.22. The number of para-hydroxylation sites is 1. The van der Waals surface area contributed by atoms with Crippen LogP contribution in [-0.4, -0.2) is 51.6 Å². The van der Waals surface area contributed by atoms with Crippen LogP contribution in [0.1, 0.15) is 67.8 Å². The second-order valence-electron chi connectivity index (χ2n) is 10.0. The van der Waals surface area contributed by atoms with Gasteiger partial charge in [-0.15, -0.1) is 0 Å². The molecule has 0 amide bonds. The van der Waals surface area contributed by atoms with Crippen molar-refractivity contribution in [3.05, 3.63) is 53.8 Å². The Kier molecular flexibility index (Phi) is 4.80. The number of piperidine rings is 1. The molecule has 1 unspecified atom stereocenters. The molecule has 1 aliphatic carbocycles. The van der Waals surface area contributed by atoms with E-state index in [4.69, 9.17) is 9.51 Å². The van der Waals surface area contributed by atoms with E-state index < -0.39 is 0 Å². The fourth-order valence-corrected chi connectivity index (χ4v) is 5.85. The number of fused-ring (bicyclic) bond motifs is 1. The van der Waals surface area contributed by atoms with Crippen molar-refractivity contribution in [2.45, 2.75) is 57.0 Å². The average Bonchev–Trinajstić information content (AvgIpc) is 3.34. The van der Waals surface area contributed by atoms with E-state index in [9.17, 15) is 0 Å². The summed E-state index contributed by atoms with van der Waals surface area (Å²) in [5, 5.41) is 5.62. The molecular weight excluding hydrogens is 386 g/mol. The topological polar surface area (TPSA) is 58.3 Å². The van der Waals surface area contributed by atoms with Crippen molar-refractivity contribution < 1.29 is 4.52 Å². The summed E-state index contributed by atoms with van der Waals surface area (Å²) in [6, 6.07) is 11.0. The first-order valence-corrected chi connectivity index (χ1v) is 11.8. The monoisotopic (exact) mass is 417 g/mol. The SMILES string of the molecule is CN1CC2(CCN(Cc3cccc4cccnc34)CC2)CC1c1noc(C2CCC2)n1. The van der Waals surface area contributed by atoms with Gasteiger partial charge in [-0.25, -0.2) is 0 Å². The minimum Gasteiger partial charge on any atom is -0.339 e. The third-order valence-electron chi connectivity index (χ3n) is 7.98. The maximum absolute atomic E-state index is 5.62. The number of nitrogens with zero attached hydrogens (tertiary/aromatic N) is 5. The van der Waals surface area contributed by atoms with E-state index in [0.29, 0.717) is 17.4 Å². The van der Waals surface area contributed by atoms with Gasteiger partial charge in [0.15, 0.2) is 5.82 Å². The van der Waals surface area contributed by atoms with Gasteiger partial charge >= 0.3 is 0 Å². The molecule has 162 valence electrons. The van der Waals surface area contributed by atoms with Crippen LogP contribution in [0.5, 0.6) is 0 Å². The largest absolute Gasteiger partial charge is 0.339 e. The molecule has 1 spiro atoms. The van der Waals surface area contributed by atoms with Crippen LogP contribution in [0.15, 0.2) is 41.1 Å². The quantitative estimate of drug-likeness (QED) is 0.621. The van der Waals surface area contributed by atoms with Gasteiger partial charge in [0.2, 0.25) is 5.89 Å². The van der Waals surface area contributed by atoms with Crippen LogP contribution in [0.2, 0.25) is 0 Å². The van der Waals surface area contributed by atoms with Gasteiger partial charge in [-0.1, -0.05) is 35.8 Å². The number of aromatic nitrogens is 3. The van der Waals surface area contributed by atoms with Crippen LogP contribution in [0.3, 0.4) is 0 Å². The molecule has 6 heteroatoms. The molecule has 3 aromatic rings. The van der Waals surface area contributed by atoms with Crippen LogP contribution in [-0.2, 0) is 6.54 Å². The zero-order valence-corrected chi connectivity index (χ0v) is 18.3. The third kappa shape index (κ3) is 3.56. The summed E-state index contributed by atoms with van der Waals surface area (Å²) in [5.74, 6) is 2.29. The molecule has 2 aliphatic heterocycles. The fraction of sp³-hybridized carbons (Fsp3) is 0.560. The summed E-state index contributed by atoms with van der Waals surface area (Å²) < 4.78 is 5.62. The van der Waals surface area contributed by atoms with Crippen LogP contribution in [0.25, 0.3) is 10.9 Å². The highest BCUT2D eigenvalue weighted by molar-refractivity contribution is 5.81. The zero-order valence-electron chi connectivity index (χ0n) is 18.3. The molecule has 3 fully saturated rings. The molecule has 3 aliphatic rings. The number of benzene rings is 1. The van der Waals surface area contributed by atoms with Gasteiger partial charge in [-0.05, 0) is 69.3 Å². The number of hydrogen-bond donors (Lipinski definition) is 0. The predicted octanol–water partition coefficient (Wildman–Crippen LogP) is 4.54. The van der Waals surface area contributed by atoms with Gasteiger partial charge in [0.25, 0.3) is 0 Å². The van der Waals surface area contributed by atoms with Crippen molar-refractivity contribution in [1.29, 1.82) is 0 Å². The Bertz CT molecular complexity index is 1060. The summed E-state index contributed by atoms with van der Waals surface area (Å²) in [7, 11) is 2.23. The van der Waals surface area contributed by atoms with E-state index in [1.54, 1.807) is 0 Å². The summed E-state index contributed by atoms with van der Waals surface area (Å²) in [6.45, 7) is 4.40. The molecule has 2 saturated heterocycles. The Morgan fingerprint density at radius 1 is 1.13 bits per heavy atom. The lowest BCUT2D eigenvalue weighted by molar-refractivity contribution is 0.106. The number of hydrogen-bond acceptors (Lipinski definition) is 6. The van der Waals surface area contributed by atoms with Gasteiger partial charge in [0.05, 0.1) is 11.6 Å². The highest BCUT2D eigenvalue weighted by Crippen LogP contribution is 2.48. The van der Waals surface area contributed by atoms with E-state index in [2.05, 4.69) is 51.3 Å². The number of likely N-dealkylation sites (tertiary alicyclic amines) is 2. The standard InChI is InChI=1S/C25H31N5O/c1-29-17-25(15-21(29)23-27-24(31-28-23)19-6-3-7-19)10-13-30(14-11-25)16-20-8-2-5-18-9-4-12-26-22(18)20/h2,4-5,8-9,12,19,21H,3,6-7,10-11,13-17H2,1H3. The lowest BCUT2D eigenvalue weighted by Crippen LogP contribution is -2.40. The molecule has 2 aromatic heterocycles. The molecule has 1 saturated carbocycles. The highest BCUT2D eigenvalue weighted by Gasteiger charge is 2.46. The fourth-order valence-electron chi connectivity index (χ4n) is 5.85. The van der Waals surface area contributed by atoms with Crippen molar-refractivity contribution in [3.8, 4) is 0 Å². The molecule has 0 radical (unpaired) electrons. The summed E-state index contributed by atoms with van der Waals surface area (Å²) in [4.78, 5) is 14.5. The molecular formula is C25H31N5O. The molecule has 4 heterocycles. The molecule has 1 aromatic carbocycles. The van der Waals surface area contributed by atoms with Crippen molar-refractivity contribution in [1.82, 2.24) is 24.9 Å². The molecule has 0 bridgehead atoms. The van der Waals surface area contributed by atoms with E-state index in [0.717, 1.165) is 49.8 Å². The second kappa shape index (κ2) is 7.68. The van der Waals surface area contributed by atoms with E-state index in [1.165, 1.54) is 43.1 Å². The van der Waals surface area contributed by atoms with Gasteiger partial charge in [0, 0.05) is 30.6 Å². The van der Waals surface area contributed by atoms with Crippen molar-refractivity contribution in [3.63, 3.8) is 0 Å². The Labute approximate surface area is 183 Å². The Balaban J connectivity index is 1.12. The average molecular weight is 418 g/mol. The number of pyridine rings is 1. The first kappa shape index (κ1) is 19.4. The smallest absolute Gasteiger partial charge is 0.229 e. The third-order valence-corrected chi connectivity index (χ3v) is 7.98. The minimum absolute atomic E-state index is 0.298. The second-order valence-corrected chi connectivity index (χ2v) is 10.0. The lowest BCUT2D eigenvalue weighted by Gasteiger charge is -2.39. The van der Waals surface area contributed by atoms with Crippen LogP contribution >= 0.6 is 0 Å². The van der Waals surface area contributed by atoms with E-state index >= 15 is 0 Å². The van der Waals surface area contributed by atoms with Crippen LogP contribution in [0, 0.1) is 5.41 Å². The van der Waals surface area contributed by atoms with E-state index in [-0.39, 0.29) is 0 Å². The Hall–Kier alpha value is -2.31. The minimum atomic E-state index is 0.298. The normalized spacial score (nSPS) is 24.7. The maximum atomic E-state index is 5.62. The van der Waals surface area contributed by atoms with Gasteiger partial charge < -0.3 is 4.52 Å². The molecule has 6 rings (SSSR count). The van der Waals surface area contributed by atoms with Crippen molar-refractivity contribution in [2.24, 2.45) is 5.41 Å². The summed E-state index contributed by atoms with van der Waals surface area (Å²) in [5.41, 5.74) is 2.86. The first-order valence-electron chi connectivity index (χ1n) is 11.8. The predicted molar refractivity (Wildman–Crippen MR) is 120 cm³/mol. The first-order chi connectivity index (χ1) is 15.2. The Morgan fingerprint density at radius 3 is 2.77 bits per heavy atom. The highest BCUT2D eigenvalue weighted by atomic mass is 16.5. The van der Waals surface area contributed by atoms with Crippen LogP contribution in [0.4, 0.5) is 0 Å². The zero-order chi connectivity index (χ0) is 20.8. The molecule has 31 heavy (non-hydrogen) atoms.